The van der Waals surface area contributed by atoms with Gasteiger partial charge in [0.15, 0.2) is 5.79 Å². The van der Waals surface area contributed by atoms with Gasteiger partial charge in [-0.05, 0) is 24.6 Å². The van der Waals surface area contributed by atoms with Crippen LogP contribution in [0.1, 0.15) is 89.5 Å². The van der Waals surface area contributed by atoms with Crippen LogP contribution in [0, 0.1) is 29.6 Å². The monoisotopic (exact) mass is 636 g/mol. The second-order valence-corrected chi connectivity index (χ2v) is 20.1. The molecule has 1 aromatic rings. The highest BCUT2D eigenvalue weighted by molar-refractivity contribution is 6.74. The first-order chi connectivity index (χ1) is 20.1. The lowest BCUT2D eigenvalue weighted by atomic mass is 9.86. The van der Waals surface area contributed by atoms with E-state index in [1.807, 2.05) is 0 Å². The Morgan fingerprint density at radius 1 is 1.02 bits per heavy atom. The van der Waals surface area contributed by atoms with Crippen LogP contribution in [0.2, 0.25) is 18.1 Å². The van der Waals surface area contributed by atoms with Crippen LogP contribution in [0.4, 0.5) is 0 Å². The summed E-state index contributed by atoms with van der Waals surface area (Å²) in [6.45, 7) is 28.7. The summed E-state index contributed by atoms with van der Waals surface area (Å²) in [6.07, 6.45) is 1.73. The van der Waals surface area contributed by atoms with Crippen molar-refractivity contribution < 1.29 is 28.2 Å². The van der Waals surface area contributed by atoms with Crippen LogP contribution in [-0.4, -0.2) is 48.6 Å². The molecule has 0 unspecified atom stereocenters. The van der Waals surface area contributed by atoms with Gasteiger partial charge < -0.3 is 23.4 Å². The van der Waals surface area contributed by atoms with E-state index in [0.29, 0.717) is 11.5 Å². The third-order valence-electron chi connectivity index (χ3n) is 9.88. The maximum atomic E-state index is 13.6. The number of esters is 1. The number of fused-ring (bicyclic) bond motifs is 1. The van der Waals surface area contributed by atoms with E-state index in [0.717, 1.165) is 0 Å². The Morgan fingerprint density at radius 2 is 1.57 bits per heavy atom. The molecule has 250 valence electrons. The van der Waals surface area contributed by atoms with E-state index in [-0.39, 0.29) is 54.3 Å². The average molecular weight is 637 g/mol. The van der Waals surface area contributed by atoms with Crippen LogP contribution in [0.15, 0.2) is 33.4 Å². The highest BCUT2D eigenvalue weighted by atomic mass is 28.4. The van der Waals surface area contributed by atoms with Crippen molar-refractivity contribution in [3.8, 4) is 0 Å². The van der Waals surface area contributed by atoms with Gasteiger partial charge in [0, 0.05) is 48.8 Å². The fourth-order valence-electron chi connectivity index (χ4n) is 6.28. The molecule has 1 aliphatic heterocycles. The molecule has 0 bridgehead atoms. The van der Waals surface area contributed by atoms with E-state index in [1.54, 1.807) is 0 Å². The van der Waals surface area contributed by atoms with E-state index < -0.39 is 42.6 Å². The first-order valence-electron chi connectivity index (χ1n) is 16.0. The van der Waals surface area contributed by atoms with Crippen LogP contribution in [-0.2, 0) is 33.7 Å². The van der Waals surface area contributed by atoms with Crippen LogP contribution in [0.5, 0.6) is 0 Å². The number of nitrogens with zero attached hydrogens (tertiary/aromatic N) is 1. The predicted octanol–water partition coefficient (Wildman–Crippen LogP) is 6.13. The number of aromatic amines is 1. The zero-order valence-electron chi connectivity index (χ0n) is 29.4. The Labute approximate surface area is 264 Å². The summed E-state index contributed by atoms with van der Waals surface area (Å²) in [5.41, 5.74) is -2.47. The molecular formula is C33H56N2O8Si. The summed E-state index contributed by atoms with van der Waals surface area (Å²) in [5.74, 6) is -2.25. The number of H-pyrrole nitrogens is 1. The summed E-state index contributed by atoms with van der Waals surface area (Å²) in [4.78, 5) is 40.5. The van der Waals surface area contributed by atoms with E-state index >= 15 is 0 Å². The first kappa shape index (κ1) is 36.1. The van der Waals surface area contributed by atoms with Crippen LogP contribution < -0.4 is 11.2 Å². The number of carbonyl (C=O) groups is 1. The van der Waals surface area contributed by atoms with Crippen molar-refractivity contribution in [1.82, 2.24) is 9.55 Å². The molecule has 0 spiro atoms. The molecule has 0 amide bonds. The lowest BCUT2D eigenvalue weighted by molar-refractivity contribution is -0.415. The smallest absolute Gasteiger partial charge is 0.329 e. The van der Waals surface area contributed by atoms with E-state index in [9.17, 15) is 14.4 Å². The third kappa shape index (κ3) is 6.33. The predicted molar refractivity (Wildman–Crippen MR) is 172 cm³/mol. The first-order valence-corrected chi connectivity index (χ1v) is 18.9. The topological polar surface area (TPSA) is 118 Å². The van der Waals surface area contributed by atoms with Crippen molar-refractivity contribution in [3.05, 3.63) is 44.6 Å². The highest BCUT2D eigenvalue weighted by Crippen LogP contribution is 2.54. The molecule has 10 nitrogen and oxygen atoms in total. The second kappa shape index (κ2) is 12.4. The molecule has 1 aromatic heterocycles. The Balaban J connectivity index is 2.48. The number of hydrogen-bond acceptors (Lipinski definition) is 8. The quantitative estimate of drug-likeness (QED) is 0.254. The van der Waals surface area contributed by atoms with Gasteiger partial charge >= 0.3 is 11.7 Å². The molecule has 2 aliphatic rings. The van der Waals surface area contributed by atoms with Gasteiger partial charge in [-0.2, -0.15) is 0 Å². The number of nitrogens with one attached hydrogen (secondary N) is 1. The summed E-state index contributed by atoms with van der Waals surface area (Å²) in [7, 11) is -2.59. The normalized spacial score (nSPS) is 23.9. The summed E-state index contributed by atoms with van der Waals surface area (Å²) >= 11 is 0. The summed E-state index contributed by atoms with van der Waals surface area (Å²) in [5, 5.41) is -0.214. The molecule has 1 aliphatic carbocycles. The molecule has 11 heteroatoms. The molecule has 2 heterocycles. The maximum absolute atomic E-state index is 13.6. The fourth-order valence-corrected chi connectivity index (χ4v) is 7.39. The maximum Gasteiger partial charge on any atom is 0.329 e. The largest absolute Gasteiger partial charge is 0.542 e. The van der Waals surface area contributed by atoms with Crippen molar-refractivity contribution in [2.24, 2.45) is 29.6 Å². The molecule has 0 saturated carbocycles. The SMILES string of the molecule is CC(=O)OC[C@@]1(n2ccc(=O)[nH]c2=O)C[C@@H]2COC(C(C)C)(C(C)C)OC(C(C)C)(C(C)C)OC2=C1O[Si](C)(C)C(C)(C)C. The molecule has 1 saturated heterocycles. The van der Waals surface area contributed by atoms with Gasteiger partial charge in [-0.15, -0.1) is 0 Å². The van der Waals surface area contributed by atoms with Gasteiger partial charge in [0.25, 0.3) is 5.56 Å². The van der Waals surface area contributed by atoms with Gasteiger partial charge in [-0.25, -0.2) is 4.79 Å². The summed E-state index contributed by atoms with van der Waals surface area (Å²) in [6, 6.07) is 1.29. The summed E-state index contributed by atoms with van der Waals surface area (Å²) < 4.78 is 35.6. The van der Waals surface area contributed by atoms with Crippen molar-refractivity contribution in [2.75, 3.05) is 13.2 Å². The van der Waals surface area contributed by atoms with Gasteiger partial charge in [0.2, 0.25) is 14.1 Å². The molecule has 1 N–H and O–H groups in total. The molecule has 3 rings (SSSR count). The number of carbonyl (C=O) groups excluding carboxylic acids is 1. The highest BCUT2D eigenvalue weighted by Gasteiger charge is 2.60. The van der Waals surface area contributed by atoms with Gasteiger partial charge in [-0.3, -0.25) is 19.1 Å². The zero-order valence-corrected chi connectivity index (χ0v) is 30.4. The van der Waals surface area contributed by atoms with Crippen molar-refractivity contribution >= 4 is 14.3 Å². The molecular weight excluding hydrogens is 580 g/mol. The lowest BCUT2D eigenvalue weighted by Crippen LogP contribution is -2.60. The average Bonchev–Trinajstić information content (AvgIpc) is 3.13. The van der Waals surface area contributed by atoms with Crippen LogP contribution >= 0.6 is 0 Å². The molecule has 0 radical (unpaired) electrons. The van der Waals surface area contributed by atoms with E-state index in [1.165, 1.54) is 23.8 Å². The second-order valence-electron chi connectivity index (χ2n) is 15.3. The van der Waals surface area contributed by atoms with E-state index in [2.05, 4.69) is 94.2 Å². The minimum absolute atomic E-state index is 0.00881. The number of aromatic nitrogens is 2. The molecule has 2 atom stereocenters. The van der Waals surface area contributed by atoms with Gasteiger partial charge in [0.05, 0.1) is 6.61 Å². The standard InChI is InChI=1S/C33H56N2O8Si/c1-20(2)32(21(3)4)40-18-25-17-31(19-39-24(9)36,35-16-15-26(37)34-29(35)38)28(42-44(13,14)30(10,11)12)27(25)41-33(43-32,22(5)6)23(7)8/h15-16,20-23,25H,17-19H2,1-14H3,(H,34,37,38)/t25-,31+/m1/s1. The Morgan fingerprint density at radius 3 is 2.02 bits per heavy atom. The van der Waals surface area contributed by atoms with Gasteiger partial charge in [0.1, 0.15) is 23.7 Å². The molecule has 44 heavy (non-hydrogen) atoms. The lowest BCUT2D eigenvalue weighted by Gasteiger charge is -2.53. The molecule has 1 fully saturated rings. The van der Waals surface area contributed by atoms with E-state index in [4.69, 9.17) is 23.4 Å². The molecule has 0 aromatic carbocycles. The van der Waals surface area contributed by atoms with Gasteiger partial charge in [-0.1, -0.05) is 76.2 Å². The van der Waals surface area contributed by atoms with Crippen LogP contribution in [0.25, 0.3) is 0 Å². The fraction of sp³-hybridized carbons (Fsp3) is 0.788. The number of hydrogen-bond donors (Lipinski definition) is 1. The zero-order chi connectivity index (χ0) is 33.6. The minimum Gasteiger partial charge on any atom is -0.542 e. The van der Waals surface area contributed by atoms with Crippen molar-refractivity contribution in [1.29, 1.82) is 0 Å². The number of rotatable bonds is 9. The number of ether oxygens (including phenoxy) is 4. The van der Waals surface area contributed by atoms with Crippen LogP contribution in [0.3, 0.4) is 0 Å². The Hall–Kier alpha value is -2.37. The Bertz CT molecular complexity index is 1330. The van der Waals surface area contributed by atoms with Crippen molar-refractivity contribution in [2.45, 2.75) is 125 Å². The Kier molecular flexibility index (Phi) is 10.2. The minimum atomic E-state index is -2.59. The van der Waals surface area contributed by atoms with Crippen molar-refractivity contribution in [3.63, 3.8) is 0 Å². The third-order valence-corrected chi connectivity index (χ3v) is 14.2.